The van der Waals surface area contributed by atoms with Crippen LogP contribution in [0, 0.1) is 5.92 Å². The fourth-order valence-corrected chi connectivity index (χ4v) is 4.72. The Morgan fingerprint density at radius 3 is 2.50 bits per heavy atom. The smallest absolute Gasteiger partial charge is 0.292 e. The number of aromatic nitrogens is 3. The van der Waals surface area contributed by atoms with Crippen LogP contribution in [0.3, 0.4) is 0 Å². The van der Waals surface area contributed by atoms with Crippen molar-refractivity contribution in [1.29, 1.82) is 0 Å². The van der Waals surface area contributed by atoms with Gasteiger partial charge < -0.3 is 0 Å². The average molecular weight is 439 g/mol. The van der Waals surface area contributed by atoms with Gasteiger partial charge in [0.15, 0.2) is 0 Å². The van der Waals surface area contributed by atoms with Crippen molar-refractivity contribution in [3.63, 3.8) is 0 Å². The summed E-state index contributed by atoms with van der Waals surface area (Å²) in [6, 6.07) is 5.44. The number of halogens is 4. The van der Waals surface area contributed by atoms with Crippen LogP contribution in [0.2, 0.25) is 0 Å². The molecule has 0 bridgehead atoms. The molecule has 0 atom stereocenters. The molecular formula is C16H18ClF3N4O3S. The average Bonchev–Trinajstić information content (AvgIpc) is 3.16. The highest BCUT2D eigenvalue weighted by Gasteiger charge is 2.50. The summed E-state index contributed by atoms with van der Waals surface area (Å²) in [5.41, 5.74) is -3.51. The minimum atomic E-state index is -5.26. The number of imidazole rings is 2. The molecule has 0 N–H and O–H groups in total. The van der Waals surface area contributed by atoms with Crippen LogP contribution in [0.5, 0.6) is 0 Å². The molecule has 1 saturated heterocycles. The first-order valence-electron chi connectivity index (χ1n) is 8.55. The molecule has 0 spiro atoms. The maximum absolute atomic E-state index is 12.6. The largest absolute Gasteiger partial charge is 0.511 e. The molecule has 28 heavy (non-hydrogen) atoms. The predicted molar refractivity (Wildman–Crippen MR) is 99.3 cm³/mol. The molecule has 1 aliphatic rings. The Morgan fingerprint density at radius 2 is 1.86 bits per heavy atom. The summed E-state index contributed by atoms with van der Waals surface area (Å²) in [6.45, 7) is 0.121. The van der Waals surface area contributed by atoms with Crippen molar-refractivity contribution in [3.05, 3.63) is 34.7 Å². The van der Waals surface area contributed by atoms with Crippen molar-refractivity contribution < 1.29 is 21.6 Å². The Balaban J connectivity index is 0.00000225. The van der Waals surface area contributed by atoms with E-state index in [4.69, 9.17) is 0 Å². The van der Waals surface area contributed by atoms with Crippen molar-refractivity contribution >= 4 is 39.2 Å². The van der Waals surface area contributed by atoms with Crippen LogP contribution in [0.1, 0.15) is 19.3 Å². The maximum Gasteiger partial charge on any atom is 0.511 e. The van der Waals surface area contributed by atoms with Crippen molar-refractivity contribution in [2.24, 2.45) is 5.92 Å². The number of nitrogens with zero attached hydrogens (tertiary/aromatic N) is 4. The summed E-state index contributed by atoms with van der Waals surface area (Å²) in [5, 5.41) is 0. The number of hydrogen-bond acceptors (Lipinski definition) is 4. The summed E-state index contributed by atoms with van der Waals surface area (Å²) in [6.07, 6.45) is 2.81. The number of sulfonamides is 1. The molecule has 0 saturated carbocycles. The molecular weight excluding hydrogens is 421 g/mol. The van der Waals surface area contributed by atoms with E-state index in [0.29, 0.717) is 41.3 Å². The number of piperidine rings is 1. The molecule has 7 nitrogen and oxygen atoms in total. The first-order valence-corrected chi connectivity index (χ1v) is 9.99. The SMILES string of the molecule is Cl.O=c1c2cnc3cccc(n1CCC1CCN(S(=O)(=O)C(F)(F)F)CC1)n32. The quantitative estimate of drug-likeness (QED) is 0.627. The zero-order valence-electron chi connectivity index (χ0n) is 14.6. The molecule has 0 unspecified atom stereocenters. The number of aryl methyl sites for hydroxylation is 1. The van der Waals surface area contributed by atoms with E-state index >= 15 is 0 Å². The van der Waals surface area contributed by atoms with Gasteiger partial charge in [-0.3, -0.25) is 13.8 Å². The first-order chi connectivity index (χ1) is 12.7. The van der Waals surface area contributed by atoms with Gasteiger partial charge in [0.2, 0.25) is 0 Å². The fraction of sp³-hybridized carbons (Fsp3) is 0.500. The number of alkyl halides is 3. The van der Waals surface area contributed by atoms with Crippen molar-refractivity contribution in [2.45, 2.75) is 31.3 Å². The summed E-state index contributed by atoms with van der Waals surface area (Å²) in [7, 11) is -5.26. The lowest BCUT2D eigenvalue weighted by atomic mass is 9.95. The van der Waals surface area contributed by atoms with E-state index in [2.05, 4.69) is 4.98 Å². The van der Waals surface area contributed by atoms with E-state index in [1.54, 1.807) is 15.0 Å². The van der Waals surface area contributed by atoms with E-state index in [9.17, 15) is 26.4 Å². The first kappa shape index (κ1) is 20.9. The zero-order valence-corrected chi connectivity index (χ0v) is 16.2. The Bertz CT molecular complexity index is 1130. The van der Waals surface area contributed by atoms with Crippen LogP contribution in [-0.4, -0.2) is 45.3 Å². The van der Waals surface area contributed by atoms with Gasteiger partial charge in [-0.2, -0.15) is 17.5 Å². The number of hydrogen-bond donors (Lipinski definition) is 0. The van der Waals surface area contributed by atoms with Gasteiger partial charge >= 0.3 is 15.5 Å². The van der Waals surface area contributed by atoms with Gasteiger partial charge in [0.25, 0.3) is 5.56 Å². The van der Waals surface area contributed by atoms with E-state index in [-0.39, 0.29) is 37.0 Å². The summed E-state index contributed by atoms with van der Waals surface area (Å²) < 4.78 is 64.8. The zero-order chi connectivity index (χ0) is 19.4. The molecule has 0 amide bonds. The van der Waals surface area contributed by atoms with Gasteiger partial charge in [0.1, 0.15) is 16.8 Å². The number of pyridine rings is 1. The molecule has 154 valence electrons. The lowest BCUT2D eigenvalue weighted by Crippen LogP contribution is -2.45. The summed E-state index contributed by atoms with van der Waals surface area (Å²) in [4.78, 5) is 16.7. The molecule has 3 aromatic rings. The lowest BCUT2D eigenvalue weighted by molar-refractivity contribution is -0.0497. The Hall–Kier alpha value is -1.85. The van der Waals surface area contributed by atoms with Crippen molar-refractivity contribution in [2.75, 3.05) is 13.1 Å². The molecule has 1 fully saturated rings. The van der Waals surface area contributed by atoms with Gasteiger partial charge in [-0.15, -0.1) is 12.4 Å². The second kappa shape index (κ2) is 7.20. The molecule has 4 heterocycles. The lowest BCUT2D eigenvalue weighted by Gasteiger charge is -2.31. The molecule has 3 aromatic heterocycles. The summed E-state index contributed by atoms with van der Waals surface area (Å²) >= 11 is 0. The van der Waals surface area contributed by atoms with Gasteiger partial charge in [-0.05, 0) is 37.3 Å². The van der Waals surface area contributed by atoms with E-state index in [0.717, 1.165) is 5.65 Å². The highest BCUT2D eigenvalue weighted by molar-refractivity contribution is 7.90. The van der Waals surface area contributed by atoms with Crippen LogP contribution in [0.4, 0.5) is 13.2 Å². The van der Waals surface area contributed by atoms with Crippen molar-refractivity contribution in [3.8, 4) is 0 Å². The van der Waals surface area contributed by atoms with Gasteiger partial charge in [0, 0.05) is 19.6 Å². The standard InChI is InChI=1S/C16H17F3N4O3S.ClH/c17-16(18,19)27(25,26)21-7-4-11(5-8-21)6-9-22-14-3-1-2-13-20-10-12(15(22)24)23(13)14;/h1-3,10-11H,4-9H2;1H. The molecule has 4 rings (SSSR count). The van der Waals surface area contributed by atoms with Crippen LogP contribution < -0.4 is 5.56 Å². The number of rotatable bonds is 4. The molecule has 0 radical (unpaired) electrons. The van der Waals surface area contributed by atoms with Gasteiger partial charge in [-0.25, -0.2) is 13.4 Å². The molecule has 0 aliphatic carbocycles. The highest BCUT2D eigenvalue weighted by Crippen LogP contribution is 2.31. The monoisotopic (exact) mass is 438 g/mol. The predicted octanol–water partition coefficient (Wildman–Crippen LogP) is 2.46. The third-order valence-corrected chi connectivity index (χ3v) is 6.85. The Kier molecular flexibility index (Phi) is 5.36. The summed E-state index contributed by atoms with van der Waals surface area (Å²) in [5.74, 6) is 0.0646. The van der Waals surface area contributed by atoms with Crippen LogP contribution >= 0.6 is 12.4 Å². The highest BCUT2D eigenvalue weighted by atomic mass is 35.5. The topological polar surface area (TPSA) is 76.7 Å². The van der Waals surface area contributed by atoms with Crippen LogP contribution in [0.25, 0.3) is 16.8 Å². The minimum absolute atomic E-state index is 0. The Morgan fingerprint density at radius 1 is 1.18 bits per heavy atom. The van der Waals surface area contributed by atoms with Crippen molar-refractivity contribution in [1.82, 2.24) is 18.3 Å². The van der Waals surface area contributed by atoms with Gasteiger partial charge in [0.05, 0.1) is 6.20 Å². The molecule has 12 heteroatoms. The van der Waals surface area contributed by atoms with Gasteiger partial charge in [-0.1, -0.05) is 6.07 Å². The molecule has 1 aliphatic heterocycles. The normalized spacial score (nSPS) is 17.4. The third-order valence-electron chi connectivity index (χ3n) is 5.22. The van der Waals surface area contributed by atoms with E-state index in [1.807, 2.05) is 12.1 Å². The van der Waals surface area contributed by atoms with E-state index in [1.165, 1.54) is 6.20 Å². The van der Waals surface area contributed by atoms with Crippen LogP contribution in [0.15, 0.2) is 29.2 Å². The second-order valence-electron chi connectivity index (χ2n) is 6.76. The van der Waals surface area contributed by atoms with Crippen LogP contribution in [-0.2, 0) is 16.6 Å². The fourth-order valence-electron chi connectivity index (χ4n) is 3.74. The molecule has 0 aromatic carbocycles. The van der Waals surface area contributed by atoms with E-state index < -0.39 is 15.5 Å². The third kappa shape index (κ3) is 3.25. The maximum atomic E-state index is 12.6. The minimum Gasteiger partial charge on any atom is -0.292 e. The second-order valence-corrected chi connectivity index (χ2v) is 8.69. The Labute approximate surface area is 164 Å².